The number of para-hydroxylation sites is 2. The van der Waals surface area contributed by atoms with Crippen molar-refractivity contribution in [2.75, 3.05) is 4.90 Å². The lowest BCUT2D eigenvalue weighted by atomic mass is 9.93. The molecule has 1 heterocycles. The van der Waals surface area contributed by atoms with Crippen LogP contribution in [-0.2, 0) is 16.9 Å². The first-order valence-electron chi connectivity index (χ1n) is 13.4. The van der Waals surface area contributed by atoms with Crippen molar-refractivity contribution in [2.45, 2.75) is 26.2 Å². The van der Waals surface area contributed by atoms with Crippen molar-refractivity contribution in [1.29, 1.82) is 0 Å². The highest BCUT2D eigenvalue weighted by molar-refractivity contribution is 7.86. The summed E-state index contributed by atoms with van der Waals surface area (Å²) in [7, 11) is -3.29. The Labute approximate surface area is 244 Å². The number of halogens is 6. The average molecular weight is 608 g/mol. The third-order valence-electron chi connectivity index (χ3n) is 7.73. The summed E-state index contributed by atoms with van der Waals surface area (Å²) in [4.78, 5) is 1.96. The molecule has 43 heavy (non-hydrogen) atoms. The third-order valence-corrected chi connectivity index (χ3v) is 10.9. The van der Waals surface area contributed by atoms with Crippen molar-refractivity contribution >= 4 is 40.1 Å². The van der Waals surface area contributed by atoms with E-state index in [1.54, 1.807) is 26.0 Å². The van der Waals surface area contributed by atoms with Crippen molar-refractivity contribution in [1.82, 2.24) is 0 Å². The molecule has 5 aromatic carbocycles. The van der Waals surface area contributed by atoms with E-state index in [2.05, 4.69) is 0 Å². The monoisotopic (exact) mass is 607 g/mol. The van der Waals surface area contributed by atoms with Gasteiger partial charge in [-0.25, -0.2) is 0 Å². The second-order valence-corrected chi connectivity index (χ2v) is 13.2. The molecule has 0 aliphatic carbocycles. The standard InChI is InChI=1S/C34H24F6NOP/c1-21-17-30(22(2)16-27(21)23-18-24(33(35,36)37)20-25(19-23)34(38,39)40)41-28-12-6-8-14-31(28)43(42,26-10-4-3-5-11-26)32-15-9-7-13-29(32)41/h3-20H,1-2H3. The molecule has 0 amide bonds. The van der Waals surface area contributed by atoms with E-state index < -0.39 is 30.6 Å². The molecule has 5 aromatic rings. The molecule has 0 atom stereocenters. The van der Waals surface area contributed by atoms with Gasteiger partial charge in [0.2, 0.25) is 0 Å². The van der Waals surface area contributed by atoms with Gasteiger partial charge in [0.25, 0.3) is 0 Å². The number of hydrogen-bond acceptors (Lipinski definition) is 2. The molecule has 0 saturated carbocycles. The van der Waals surface area contributed by atoms with Crippen LogP contribution in [0.5, 0.6) is 0 Å². The summed E-state index contributed by atoms with van der Waals surface area (Å²) < 4.78 is 96.7. The Morgan fingerprint density at radius 2 is 1.05 bits per heavy atom. The van der Waals surface area contributed by atoms with Crippen LogP contribution in [0.3, 0.4) is 0 Å². The zero-order chi connectivity index (χ0) is 30.7. The predicted octanol–water partition coefficient (Wildman–Crippen LogP) is 9.43. The predicted molar refractivity (Wildman–Crippen MR) is 159 cm³/mol. The quantitative estimate of drug-likeness (QED) is 0.148. The van der Waals surface area contributed by atoms with Gasteiger partial charge in [-0.1, -0.05) is 54.6 Å². The first-order valence-corrected chi connectivity index (χ1v) is 15.1. The highest BCUT2D eigenvalue weighted by atomic mass is 31.2. The Morgan fingerprint density at radius 1 is 0.558 bits per heavy atom. The SMILES string of the molecule is Cc1cc(N2c3ccccc3P(=O)(c3ccccc3)c3ccccc32)c(C)cc1-c1cc(C(F)(F)F)cc(C(F)(F)F)c1. The maximum Gasteiger partial charge on any atom is 0.416 e. The van der Waals surface area contributed by atoms with Crippen LogP contribution in [0.1, 0.15) is 22.3 Å². The van der Waals surface area contributed by atoms with E-state index in [-0.39, 0.29) is 17.2 Å². The zero-order valence-electron chi connectivity index (χ0n) is 23.0. The molecule has 218 valence electrons. The van der Waals surface area contributed by atoms with Gasteiger partial charge in [0.15, 0.2) is 7.14 Å². The van der Waals surface area contributed by atoms with Gasteiger partial charge in [-0.2, -0.15) is 26.3 Å². The lowest BCUT2D eigenvalue weighted by Gasteiger charge is -2.38. The van der Waals surface area contributed by atoms with Crippen LogP contribution in [0.15, 0.2) is 109 Å². The molecule has 0 spiro atoms. The molecule has 6 rings (SSSR count). The molecule has 1 aliphatic heterocycles. The fraction of sp³-hybridized carbons (Fsp3) is 0.118. The van der Waals surface area contributed by atoms with Gasteiger partial charge >= 0.3 is 12.4 Å². The third kappa shape index (κ3) is 4.84. The fourth-order valence-corrected chi connectivity index (χ4v) is 8.73. The molecule has 0 unspecified atom stereocenters. The molecule has 2 nitrogen and oxygen atoms in total. The molecular weight excluding hydrogens is 583 g/mol. The molecule has 0 radical (unpaired) electrons. The number of hydrogen-bond donors (Lipinski definition) is 0. The number of aryl methyl sites for hydroxylation is 2. The lowest BCUT2D eigenvalue weighted by Crippen LogP contribution is -2.36. The van der Waals surface area contributed by atoms with Crippen LogP contribution in [0.4, 0.5) is 43.4 Å². The summed E-state index contributed by atoms with van der Waals surface area (Å²) in [6, 6.07) is 29.0. The molecule has 1 aliphatic rings. The molecule has 0 fully saturated rings. The molecule has 0 aromatic heterocycles. The van der Waals surface area contributed by atoms with E-state index in [1.165, 1.54) is 0 Å². The highest BCUT2D eigenvalue weighted by Gasteiger charge is 2.41. The van der Waals surface area contributed by atoms with E-state index >= 15 is 4.57 Å². The maximum atomic E-state index is 15.1. The number of fused-ring (bicyclic) bond motifs is 2. The number of nitrogens with zero attached hydrogens (tertiary/aromatic N) is 1. The number of anilines is 3. The van der Waals surface area contributed by atoms with Gasteiger partial charge in [-0.05, 0) is 90.7 Å². The average Bonchev–Trinajstić information content (AvgIpc) is 2.98. The molecule has 0 N–H and O–H groups in total. The normalized spacial score (nSPS) is 14.3. The topological polar surface area (TPSA) is 20.3 Å². The van der Waals surface area contributed by atoms with E-state index in [4.69, 9.17) is 0 Å². The van der Waals surface area contributed by atoms with E-state index in [9.17, 15) is 26.3 Å². The van der Waals surface area contributed by atoms with E-state index in [0.29, 0.717) is 44.1 Å². The van der Waals surface area contributed by atoms with Crippen LogP contribution in [0, 0.1) is 13.8 Å². The Hall–Kier alpha value is -4.29. The molecular formula is C34H24F6NOP. The molecule has 9 heteroatoms. The smallest absolute Gasteiger partial charge is 0.309 e. The summed E-state index contributed by atoms with van der Waals surface area (Å²) >= 11 is 0. The lowest BCUT2D eigenvalue weighted by molar-refractivity contribution is -0.143. The Bertz CT molecular complexity index is 1830. The van der Waals surface area contributed by atoms with Gasteiger partial charge in [0, 0.05) is 21.6 Å². The largest absolute Gasteiger partial charge is 0.416 e. The van der Waals surface area contributed by atoms with Gasteiger partial charge in [-0.3, -0.25) is 0 Å². The number of alkyl halides is 6. The second-order valence-electron chi connectivity index (χ2n) is 10.5. The summed E-state index contributed by atoms with van der Waals surface area (Å²) in [6.45, 7) is 3.41. The fourth-order valence-electron chi connectivity index (χ4n) is 5.74. The van der Waals surface area contributed by atoms with Gasteiger partial charge in [0.05, 0.1) is 22.5 Å². The van der Waals surface area contributed by atoms with Gasteiger partial charge < -0.3 is 9.46 Å². The van der Waals surface area contributed by atoms with Crippen LogP contribution < -0.4 is 20.8 Å². The number of benzene rings is 5. The van der Waals surface area contributed by atoms with Crippen molar-refractivity contribution in [3.63, 3.8) is 0 Å². The first-order chi connectivity index (χ1) is 20.3. The van der Waals surface area contributed by atoms with Crippen LogP contribution in [0.2, 0.25) is 0 Å². The van der Waals surface area contributed by atoms with Crippen LogP contribution in [0.25, 0.3) is 11.1 Å². The minimum absolute atomic E-state index is 0.132. The minimum atomic E-state index is -4.95. The van der Waals surface area contributed by atoms with Crippen molar-refractivity contribution in [2.24, 2.45) is 0 Å². The van der Waals surface area contributed by atoms with Crippen molar-refractivity contribution < 1.29 is 30.9 Å². The molecule has 0 saturated heterocycles. The Kier molecular flexibility index (Phi) is 6.81. The summed E-state index contributed by atoms with van der Waals surface area (Å²) in [6.07, 6.45) is -9.90. The Balaban J connectivity index is 1.56. The van der Waals surface area contributed by atoms with E-state index in [1.807, 2.05) is 83.8 Å². The van der Waals surface area contributed by atoms with Gasteiger partial charge in [-0.15, -0.1) is 0 Å². The zero-order valence-corrected chi connectivity index (χ0v) is 23.9. The summed E-state index contributed by atoms with van der Waals surface area (Å²) in [5.41, 5.74) is 0.483. The maximum absolute atomic E-state index is 15.1. The summed E-state index contributed by atoms with van der Waals surface area (Å²) in [5.74, 6) is 0. The minimum Gasteiger partial charge on any atom is -0.309 e. The Morgan fingerprint density at radius 3 is 1.56 bits per heavy atom. The van der Waals surface area contributed by atoms with E-state index in [0.717, 1.165) is 12.1 Å². The van der Waals surface area contributed by atoms with Gasteiger partial charge in [0.1, 0.15) is 0 Å². The van der Waals surface area contributed by atoms with Crippen LogP contribution in [-0.4, -0.2) is 0 Å². The highest BCUT2D eigenvalue weighted by Crippen LogP contribution is 2.54. The first kappa shape index (κ1) is 28.8. The summed E-state index contributed by atoms with van der Waals surface area (Å²) in [5, 5.41) is 1.95. The van der Waals surface area contributed by atoms with Crippen molar-refractivity contribution in [3.05, 3.63) is 131 Å². The molecule has 0 bridgehead atoms. The van der Waals surface area contributed by atoms with Crippen LogP contribution >= 0.6 is 7.14 Å². The van der Waals surface area contributed by atoms with Crippen molar-refractivity contribution in [3.8, 4) is 11.1 Å². The number of rotatable bonds is 3. The second kappa shape index (κ2) is 10.2.